The summed E-state index contributed by atoms with van der Waals surface area (Å²) >= 11 is 6.92. The van der Waals surface area contributed by atoms with Crippen LogP contribution in [0, 0.1) is 0 Å². The molecule has 0 aliphatic rings. The van der Waals surface area contributed by atoms with Gasteiger partial charge in [-0.3, -0.25) is 9.78 Å². The first-order valence-corrected chi connectivity index (χ1v) is 6.56. The largest absolute Gasteiger partial charge is 0.275 e. The molecule has 0 N–H and O–H groups in total. The van der Waals surface area contributed by atoms with Crippen LogP contribution >= 0.6 is 22.9 Å². The molecular weight excluding hydrogens is 284 g/mol. The molecule has 0 saturated heterocycles. The number of fused-ring (bicyclic) bond motifs is 1. The van der Waals surface area contributed by atoms with Crippen LogP contribution in [0.1, 0.15) is 11.3 Å². The highest BCUT2D eigenvalue weighted by atomic mass is 35.5. The van der Waals surface area contributed by atoms with Gasteiger partial charge in [0.15, 0.2) is 0 Å². The van der Waals surface area contributed by atoms with Crippen molar-refractivity contribution in [2.45, 2.75) is 0 Å². The lowest BCUT2D eigenvalue weighted by molar-refractivity contribution is 0.897. The summed E-state index contributed by atoms with van der Waals surface area (Å²) in [6.45, 7) is 0. The van der Waals surface area contributed by atoms with Gasteiger partial charge in [-0.25, -0.2) is 4.98 Å². The van der Waals surface area contributed by atoms with Crippen molar-refractivity contribution in [1.29, 1.82) is 0 Å². The maximum atomic E-state index is 11.8. The predicted octanol–water partition coefficient (Wildman–Crippen LogP) is 2.37. The van der Waals surface area contributed by atoms with Crippen LogP contribution in [0.2, 0.25) is 4.47 Å². The van der Waals surface area contributed by atoms with Crippen LogP contribution in [0.25, 0.3) is 17.1 Å². The van der Waals surface area contributed by atoms with Crippen LogP contribution in [0.15, 0.2) is 35.4 Å². The zero-order chi connectivity index (χ0) is 13.2. The number of halogens is 1. The first kappa shape index (κ1) is 12.0. The summed E-state index contributed by atoms with van der Waals surface area (Å²) in [4.78, 5) is 20.6. The van der Waals surface area contributed by atoms with Crippen molar-refractivity contribution in [3.63, 3.8) is 0 Å². The number of rotatable bonds is 2. The highest BCUT2D eigenvalue weighted by molar-refractivity contribution is 7.20. The zero-order valence-corrected chi connectivity index (χ0v) is 11.1. The Balaban J connectivity index is 2.02. The van der Waals surface area contributed by atoms with Gasteiger partial charge < -0.3 is 0 Å². The van der Waals surface area contributed by atoms with Crippen molar-refractivity contribution in [2.24, 2.45) is 0 Å². The predicted molar refractivity (Wildman–Crippen MR) is 75.3 cm³/mol. The first-order valence-electron chi connectivity index (χ1n) is 5.37. The third kappa shape index (κ3) is 2.54. The SMILES string of the molecule is O=c1cc(C=Cc2cccnc2)nc2sc(Cl)nn12. The molecule has 19 heavy (non-hydrogen) atoms. The number of hydrogen-bond acceptors (Lipinski definition) is 5. The summed E-state index contributed by atoms with van der Waals surface area (Å²) < 4.78 is 1.48. The Morgan fingerprint density at radius 2 is 2.26 bits per heavy atom. The first-order chi connectivity index (χ1) is 9.22. The molecule has 0 unspecified atom stereocenters. The van der Waals surface area contributed by atoms with Crippen LogP contribution < -0.4 is 5.56 Å². The summed E-state index contributed by atoms with van der Waals surface area (Å²) in [5.74, 6) is 0. The fraction of sp³-hybridized carbons (Fsp3) is 0. The molecule has 0 aromatic carbocycles. The van der Waals surface area contributed by atoms with E-state index in [1.165, 1.54) is 10.6 Å². The third-order valence-corrected chi connectivity index (χ3v) is 3.38. The summed E-state index contributed by atoms with van der Waals surface area (Å²) in [5, 5.41) is 3.86. The molecule has 0 aliphatic heterocycles. The standard InChI is InChI=1S/C12H7ClN4OS/c13-11-16-17-10(18)6-9(15-12(17)19-11)4-3-8-2-1-5-14-7-8/h1-7H. The van der Waals surface area contributed by atoms with Gasteiger partial charge in [0.2, 0.25) is 9.43 Å². The molecule has 7 heteroatoms. The Bertz CT molecular complexity index is 809. The average molecular weight is 291 g/mol. The molecule has 94 valence electrons. The van der Waals surface area contributed by atoms with Gasteiger partial charge in [-0.1, -0.05) is 23.5 Å². The molecule has 3 aromatic heterocycles. The summed E-state index contributed by atoms with van der Waals surface area (Å²) in [7, 11) is 0. The van der Waals surface area contributed by atoms with Gasteiger partial charge >= 0.3 is 0 Å². The highest BCUT2D eigenvalue weighted by Gasteiger charge is 2.05. The molecule has 0 saturated carbocycles. The van der Waals surface area contributed by atoms with Gasteiger partial charge in [-0.05, 0) is 29.3 Å². The number of hydrogen-bond donors (Lipinski definition) is 0. The summed E-state index contributed by atoms with van der Waals surface area (Å²) in [6.07, 6.45) is 7.03. The molecule has 0 spiro atoms. The average Bonchev–Trinajstić information content (AvgIpc) is 2.79. The van der Waals surface area contributed by atoms with E-state index in [0.717, 1.165) is 16.9 Å². The van der Waals surface area contributed by atoms with Crippen LogP contribution in [0.4, 0.5) is 0 Å². The summed E-state index contributed by atoms with van der Waals surface area (Å²) in [5.41, 5.74) is 1.25. The summed E-state index contributed by atoms with van der Waals surface area (Å²) in [6, 6.07) is 5.17. The number of aromatic nitrogens is 4. The van der Waals surface area contributed by atoms with E-state index in [-0.39, 0.29) is 10.0 Å². The second-order valence-electron chi connectivity index (χ2n) is 3.69. The van der Waals surface area contributed by atoms with Crippen LogP contribution in [-0.2, 0) is 0 Å². The maximum Gasteiger partial charge on any atom is 0.275 e. The number of nitrogens with zero attached hydrogens (tertiary/aromatic N) is 4. The molecule has 0 aliphatic carbocycles. The molecule has 3 aromatic rings. The molecule has 0 atom stereocenters. The van der Waals surface area contributed by atoms with Gasteiger partial charge in [0.25, 0.3) is 5.56 Å². The van der Waals surface area contributed by atoms with Crippen molar-refractivity contribution < 1.29 is 0 Å². The molecular formula is C12H7ClN4OS. The molecule has 0 bridgehead atoms. The maximum absolute atomic E-state index is 11.8. The second kappa shape index (κ2) is 4.91. The molecule has 3 heterocycles. The molecule has 0 amide bonds. The van der Waals surface area contributed by atoms with E-state index in [2.05, 4.69) is 15.1 Å². The van der Waals surface area contributed by atoms with E-state index in [9.17, 15) is 4.79 Å². The zero-order valence-electron chi connectivity index (χ0n) is 9.52. The van der Waals surface area contributed by atoms with E-state index in [4.69, 9.17) is 11.6 Å². The van der Waals surface area contributed by atoms with Gasteiger partial charge in [0.1, 0.15) is 0 Å². The lowest BCUT2D eigenvalue weighted by atomic mass is 10.2. The molecule has 5 nitrogen and oxygen atoms in total. The van der Waals surface area contributed by atoms with Crippen LogP contribution in [0.5, 0.6) is 0 Å². The van der Waals surface area contributed by atoms with Crippen LogP contribution in [0.3, 0.4) is 0 Å². The van der Waals surface area contributed by atoms with E-state index in [1.54, 1.807) is 18.5 Å². The topological polar surface area (TPSA) is 60.2 Å². The fourth-order valence-electron chi connectivity index (χ4n) is 1.55. The monoisotopic (exact) mass is 290 g/mol. The fourth-order valence-corrected chi connectivity index (χ4v) is 2.47. The lowest BCUT2D eigenvalue weighted by Crippen LogP contribution is -2.14. The van der Waals surface area contributed by atoms with Crippen molar-refractivity contribution >= 4 is 40.1 Å². The Morgan fingerprint density at radius 1 is 1.37 bits per heavy atom. The molecule has 0 fully saturated rings. The van der Waals surface area contributed by atoms with Crippen LogP contribution in [-0.4, -0.2) is 19.6 Å². The minimum Gasteiger partial charge on any atom is -0.267 e. The second-order valence-corrected chi connectivity index (χ2v) is 5.23. The van der Waals surface area contributed by atoms with Gasteiger partial charge in [-0.2, -0.15) is 4.52 Å². The van der Waals surface area contributed by atoms with E-state index < -0.39 is 0 Å². The minimum absolute atomic E-state index is 0.251. The highest BCUT2D eigenvalue weighted by Crippen LogP contribution is 2.16. The van der Waals surface area contributed by atoms with E-state index in [1.807, 2.05) is 18.2 Å². The molecule has 0 radical (unpaired) electrons. The van der Waals surface area contributed by atoms with Crippen molar-refractivity contribution in [3.8, 4) is 0 Å². The van der Waals surface area contributed by atoms with Crippen molar-refractivity contribution in [3.05, 3.63) is 56.7 Å². The molecule has 3 rings (SSSR count). The van der Waals surface area contributed by atoms with Gasteiger partial charge in [-0.15, -0.1) is 5.10 Å². The number of pyridine rings is 1. The Morgan fingerprint density at radius 3 is 3.05 bits per heavy atom. The van der Waals surface area contributed by atoms with Gasteiger partial charge in [0.05, 0.1) is 5.69 Å². The Kier molecular flexibility index (Phi) is 3.10. The van der Waals surface area contributed by atoms with Crippen molar-refractivity contribution in [1.82, 2.24) is 19.6 Å². The van der Waals surface area contributed by atoms with E-state index in [0.29, 0.717) is 10.7 Å². The van der Waals surface area contributed by atoms with Gasteiger partial charge in [0, 0.05) is 18.5 Å². The lowest BCUT2D eigenvalue weighted by Gasteiger charge is -1.94. The minimum atomic E-state index is -0.251. The third-order valence-electron chi connectivity index (χ3n) is 2.37. The quantitative estimate of drug-likeness (QED) is 0.727. The van der Waals surface area contributed by atoms with Crippen molar-refractivity contribution in [2.75, 3.05) is 0 Å². The normalized spacial score (nSPS) is 11.4. The smallest absolute Gasteiger partial charge is 0.267 e. The Labute approximate surface area is 116 Å². The van der Waals surface area contributed by atoms with E-state index >= 15 is 0 Å². The Hall–Kier alpha value is -2.05.